The molecule has 0 saturated heterocycles. The van der Waals surface area contributed by atoms with Crippen molar-refractivity contribution >= 4 is 0 Å². The van der Waals surface area contributed by atoms with Crippen molar-refractivity contribution in [2.75, 3.05) is 21.1 Å². The van der Waals surface area contributed by atoms with Gasteiger partial charge in [0.15, 0.2) is 0 Å². The number of nitriles is 1. The zero-order chi connectivity index (χ0) is 6.28. The van der Waals surface area contributed by atoms with Crippen molar-refractivity contribution in [2.45, 2.75) is 6.92 Å². The van der Waals surface area contributed by atoms with Gasteiger partial charge in [0.2, 0.25) is 0 Å². The molecule has 0 saturated carbocycles. The number of quaternary nitrogens is 1. The maximum atomic E-state index is 7.32. The summed E-state index contributed by atoms with van der Waals surface area (Å²) in [6.45, 7) is 1.43. The van der Waals surface area contributed by atoms with Crippen LogP contribution in [0.4, 0.5) is 0 Å². The fourth-order valence-electron chi connectivity index (χ4n) is 0. The second kappa shape index (κ2) is 15.9. The minimum Gasteiger partial charge on any atom is -1.00 e. The van der Waals surface area contributed by atoms with Crippen molar-refractivity contribution in [1.29, 1.82) is 5.26 Å². The molecule has 0 aromatic rings. The van der Waals surface area contributed by atoms with Crippen molar-refractivity contribution in [3.8, 4) is 6.07 Å². The monoisotopic (exact) mass is 136 g/mol. The molecule has 0 spiro atoms. The minimum atomic E-state index is 0. The third-order valence-electron chi connectivity index (χ3n) is 0. The van der Waals surface area contributed by atoms with Gasteiger partial charge in [0, 0.05) is 6.92 Å². The largest absolute Gasteiger partial charge is 1.00 e. The Morgan fingerprint density at radius 3 is 1.25 bits per heavy atom. The van der Waals surface area contributed by atoms with E-state index in [4.69, 9.17) is 5.26 Å². The van der Waals surface area contributed by atoms with E-state index in [2.05, 4.69) is 21.1 Å². The molecule has 0 radical (unpaired) electrons. The lowest BCUT2D eigenvalue weighted by Gasteiger charge is -1.88. The topological polar surface area (TPSA) is 28.2 Å². The van der Waals surface area contributed by atoms with E-state index in [-0.39, 0.29) is 12.4 Å². The third-order valence-corrected chi connectivity index (χ3v) is 0. The van der Waals surface area contributed by atoms with Gasteiger partial charge in [0.1, 0.15) is 0 Å². The molecular weight excluding hydrogens is 124 g/mol. The van der Waals surface area contributed by atoms with Gasteiger partial charge in [-0.1, -0.05) is 0 Å². The van der Waals surface area contributed by atoms with E-state index >= 15 is 0 Å². The van der Waals surface area contributed by atoms with Crippen LogP contribution in [0.2, 0.25) is 0 Å². The Morgan fingerprint density at radius 1 is 1.25 bits per heavy atom. The van der Waals surface area contributed by atoms with E-state index in [9.17, 15) is 0 Å². The molecule has 0 aromatic heterocycles. The normalized spacial score (nSPS) is 5.50. The zero-order valence-corrected chi connectivity index (χ0v) is 6.58. The van der Waals surface area contributed by atoms with Gasteiger partial charge in [-0.2, -0.15) is 5.26 Å². The second-order valence-corrected chi connectivity index (χ2v) is 1.72. The maximum absolute atomic E-state index is 7.32. The molecule has 2 nitrogen and oxygen atoms in total. The van der Waals surface area contributed by atoms with Crippen LogP contribution in [0, 0.1) is 11.3 Å². The number of rotatable bonds is 0. The Labute approximate surface area is 57.5 Å². The highest BCUT2D eigenvalue weighted by atomic mass is 35.5. The molecule has 0 aliphatic heterocycles. The van der Waals surface area contributed by atoms with E-state index in [0.717, 1.165) is 0 Å². The van der Waals surface area contributed by atoms with Crippen molar-refractivity contribution in [1.82, 2.24) is 0 Å². The average Bonchev–Trinajstić information content (AvgIpc) is 1.33. The summed E-state index contributed by atoms with van der Waals surface area (Å²) < 4.78 is 0. The first-order chi connectivity index (χ1) is 3.15. The molecule has 0 bridgehead atoms. The number of nitrogens with zero attached hydrogens (tertiary/aromatic N) is 1. The maximum Gasteiger partial charge on any atom is 0.0661 e. The molecule has 0 amide bonds. The lowest BCUT2D eigenvalue weighted by Crippen LogP contribution is -3.02. The Hall–Kier alpha value is -0.260. The number of halogens is 1. The first kappa shape index (κ1) is 15.6. The fourth-order valence-corrected chi connectivity index (χ4v) is 0. The summed E-state index contributed by atoms with van der Waals surface area (Å²) in [5.74, 6) is 0. The summed E-state index contributed by atoms with van der Waals surface area (Å²) in [5, 5.41) is 7.32. The Balaban J connectivity index is -0.0000000575. The van der Waals surface area contributed by atoms with Gasteiger partial charge in [-0.15, -0.1) is 0 Å². The standard InChI is InChI=1S/C3H9N.C2H3N.ClH/c1-4(2)3;1-2-3;/h1-3H3;1H3;1H. The summed E-state index contributed by atoms with van der Waals surface area (Å²) >= 11 is 0. The van der Waals surface area contributed by atoms with Crippen LogP contribution < -0.4 is 17.3 Å². The molecule has 0 aromatic carbocycles. The first-order valence-electron chi connectivity index (χ1n) is 2.22. The van der Waals surface area contributed by atoms with Crippen molar-refractivity contribution in [2.24, 2.45) is 0 Å². The second-order valence-electron chi connectivity index (χ2n) is 1.72. The highest BCUT2D eigenvalue weighted by molar-refractivity contribution is 4.51. The molecule has 1 N–H and O–H groups in total. The summed E-state index contributed by atoms with van der Waals surface area (Å²) in [5.41, 5.74) is 0. The molecule has 50 valence electrons. The highest BCUT2D eigenvalue weighted by Crippen LogP contribution is 1.21. The fraction of sp³-hybridized carbons (Fsp3) is 0.800. The van der Waals surface area contributed by atoms with E-state index in [1.54, 1.807) is 6.07 Å². The Bertz CT molecular complexity index is 53.2. The van der Waals surface area contributed by atoms with Crippen LogP contribution >= 0.6 is 0 Å². The third kappa shape index (κ3) is 1910. The lowest BCUT2D eigenvalue weighted by atomic mass is 11.0. The lowest BCUT2D eigenvalue weighted by molar-refractivity contribution is -0.836. The van der Waals surface area contributed by atoms with Gasteiger partial charge in [0.05, 0.1) is 27.2 Å². The SMILES string of the molecule is CC#N.C[NH+](C)C.[Cl-]. The molecule has 0 aliphatic rings. The zero-order valence-electron chi connectivity index (χ0n) is 5.83. The quantitative estimate of drug-likeness (QED) is 0.365. The first-order valence-corrected chi connectivity index (χ1v) is 2.22. The van der Waals surface area contributed by atoms with Crippen LogP contribution in [0.5, 0.6) is 0 Å². The van der Waals surface area contributed by atoms with E-state index in [0.29, 0.717) is 0 Å². The Kier molecular flexibility index (Phi) is 31.1. The van der Waals surface area contributed by atoms with Crippen molar-refractivity contribution in [3.05, 3.63) is 0 Å². The molecule has 0 atom stereocenters. The number of hydrogen-bond donors (Lipinski definition) is 1. The van der Waals surface area contributed by atoms with Crippen LogP contribution in [0.3, 0.4) is 0 Å². The van der Waals surface area contributed by atoms with Crippen LogP contribution in [-0.2, 0) is 0 Å². The summed E-state index contributed by atoms with van der Waals surface area (Å²) in [6.07, 6.45) is 0. The molecule has 3 heteroatoms. The van der Waals surface area contributed by atoms with Crippen LogP contribution in [0.1, 0.15) is 6.92 Å². The minimum absolute atomic E-state index is 0. The summed E-state index contributed by atoms with van der Waals surface area (Å²) in [4.78, 5) is 1.42. The van der Waals surface area contributed by atoms with Gasteiger partial charge in [-0.3, -0.25) is 0 Å². The summed E-state index contributed by atoms with van der Waals surface area (Å²) in [7, 11) is 6.25. The Morgan fingerprint density at radius 2 is 1.25 bits per heavy atom. The van der Waals surface area contributed by atoms with Crippen molar-refractivity contribution in [3.63, 3.8) is 0 Å². The van der Waals surface area contributed by atoms with Gasteiger partial charge >= 0.3 is 0 Å². The van der Waals surface area contributed by atoms with Gasteiger partial charge < -0.3 is 17.3 Å². The van der Waals surface area contributed by atoms with Gasteiger partial charge in [-0.05, 0) is 0 Å². The van der Waals surface area contributed by atoms with Crippen LogP contribution in [0.25, 0.3) is 0 Å². The van der Waals surface area contributed by atoms with Crippen LogP contribution in [-0.4, -0.2) is 21.1 Å². The van der Waals surface area contributed by atoms with Gasteiger partial charge in [0.25, 0.3) is 0 Å². The number of hydrogen-bond acceptors (Lipinski definition) is 1. The van der Waals surface area contributed by atoms with E-state index in [1.165, 1.54) is 11.8 Å². The van der Waals surface area contributed by atoms with Crippen molar-refractivity contribution < 1.29 is 17.3 Å². The summed E-state index contributed by atoms with van der Waals surface area (Å²) in [6, 6.07) is 1.75. The molecule has 0 aliphatic carbocycles. The molecule has 0 fully saturated rings. The molecule has 0 heterocycles. The predicted octanol–water partition coefficient (Wildman–Crippen LogP) is -3.71. The van der Waals surface area contributed by atoms with Crippen LogP contribution in [0.15, 0.2) is 0 Å². The van der Waals surface area contributed by atoms with E-state index < -0.39 is 0 Å². The molecule has 0 rings (SSSR count). The van der Waals surface area contributed by atoms with Gasteiger partial charge in [-0.25, -0.2) is 0 Å². The average molecular weight is 137 g/mol. The predicted molar refractivity (Wildman–Crippen MR) is 30.0 cm³/mol. The smallest absolute Gasteiger partial charge is 0.0661 e. The molecular formula is C5H13ClN2. The molecule has 8 heavy (non-hydrogen) atoms. The number of nitrogens with one attached hydrogen (secondary N) is 1. The molecule has 0 unspecified atom stereocenters. The van der Waals surface area contributed by atoms with E-state index in [1.807, 2.05) is 0 Å². The highest BCUT2D eigenvalue weighted by Gasteiger charge is 1.61.